The summed E-state index contributed by atoms with van der Waals surface area (Å²) in [5.41, 5.74) is 0. The normalized spacial score (nSPS) is 15.3. The van der Waals surface area contributed by atoms with E-state index >= 15 is 0 Å². The first-order valence-electron chi connectivity index (χ1n) is 7.49. The zero-order chi connectivity index (χ0) is 15.1. The minimum Gasteiger partial charge on any atom is -0.379 e. The summed E-state index contributed by atoms with van der Waals surface area (Å²) in [6.45, 7) is 6.24. The van der Waals surface area contributed by atoms with Gasteiger partial charge < -0.3 is 15.0 Å². The zero-order valence-corrected chi connectivity index (χ0v) is 15.2. The monoisotopic (exact) mass is 373 g/mol. The molecule has 1 aromatic rings. The minimum absolute atomic E-state index is 0.714. The van der Waals surface area contributed by atoms with Crippen LogP contribution >= 0.6 is 27.3 Å². The maximum atomic E-state index is 5.69. The summed E-state index contributed by atoms with van der Waals surface area (Å²) in [6.07, 6.45) is 2.69. The average molecular weight is 374 g/mol. The number of rotatable bonds is 8. The molecule has 0 radical (unpaired) electrons. The van der Waals surface area contributed by atoms with Crippen molar-refractivity contribution in [1.82, 2.24) is 10.2 Å². The number of guanidine groups is 1. The third kappa shape index (κ3) is 6.36. The van der Waals surface area contributed by atoms with E-state index in [1.807, 2.05) is 0 Å². The van der Waals surface area contributed by atoms with Gasteiger partial charge in [0.2, 0.25) is 0 Å². The van der Waals surface area contributed by atoms with Crippen molar-refractivity contribution in [2.45, 2.75) is 26.3 Å². The highest BCUT2D eigenvalue weighted by Gasteiger charge is 2.21. The molecule has 1 aromatic heterocycles. The van der Waals surface area contributed by atoms with Crippen molar-refractivity contribution in [2.75, 3.05) is 33.4 Å². The van der Waals surface area contributed by atoms with Gasteiger partial charge in [-0.25, -0.2) is 4.99 Å². The van der Waals surface area contributed by atoms with E-state index in [2.05, 4.69) is 56.6 Å². The van der Waals surface area contributed by atoms with Crippen molar-refractivity contribution in [3.63, 3.8) is 0 Å². The molecule has 0 aliphatic heterocycles. The van der Waals surface area contributed by atoms with Gasteiger partial charge in [-0.05, 0) is 47.7 Å². The summed E-state index contributed by atoms with van der Waals surface area (Å²) >= 11 is 5.21. The Hall–Kier alpha value is -0.590. The fourth-order valence-corrected chi connectivity index (χ4v) is 3.28. The van der Waals surface area contributed by atoms with Crippen LogP contribution in [0.4, 0.5) is 0 Å². The minimum atomic E-state index is 0.714. The van der Waals surface area contributed by atoms with Gasteiger partial charge in [-0.1, -0.05) is 0 Å². The first-order valence-corrected chi connectivity index (χ1v) is 9.16. The van der Waals surface area contributed by atoms with Gasteiger partial charge in [-0.15, -0.1) is 11.3 Å². The Morgan fingerprint density at radius 2 is 2.38 bits per heavy atom. The Kier molecular flexibility index (Phi) is 6.99. The summed E-state index contributed by atoms with van der Waals surface area (Å²) in [6, 6.07) is 2.12. The second-order valence-electron chi connectivity index (χ2n) is 5.34. The number of ether oxygens (including phenoxy) is 1. The molecule has 4 nitrogen and oxygen atoms in total. The molecule has 1 aliphatic carbocycles. The number of thiophene rings is 1. The van der Waals surface area contributed by atoms with Gasteiger partial charge in [0, 0.05) is 41.5 Å². The smallest absolute Gasteiger partial charge is 0.194 e. The van der Waals surface area contributed by atoms with Crippen molar-refractivity contribution in [3.05, 3.63) is 20.8 Å². The molecule has 1 aliphatic rings. The summed E-state index contributed by atoms with van der Waals surface area (Å²) < 4.78 is 6.82. The fourth-order valence-electron chi connectivity index (χ4n) is 1.90. The summed E-state index contributed by atoms with van der Waals surface area (Å²) in [7, 11) is 2.06. The third-order valence-electron chi connectivity index (χ3n) is 3.32. The maximum Gasteiger partial charge on any atom is 0.194 e. The number of hydrogen-bond acceptors (Lipinski definition) is 3. The highest BCUT2D eigenvalue weighted by Crippen LogP contribution is 2.28. The number of nitrogens with one attached hydrogen (secondary N) is 1. The van der Waals surface area contributed by atoms with E-state index in [1.165, 1.54) is 17.7 Å². The number of hydrogen-bond donors (Lipinski definition) is 1. The molecule has 1 fully saturated rings. The fraction of sp³-hybridized carbons (Fsp3) is 0.667. The molecular weight excluding hydrogens is 350 g/mol. The largest absolute Gasteiger partial charge is 0.379 e. The lowest BCUT2D eigenvalue weighted by Gasteiger charge is -2.21. The Labute approximate surface area is 139 Å². The predicted octanol–water partition coefficient (Wildman–Crippen LogP) is 3.33. The lowest BCUT2D eigenvalue weighted by atomic mass is 10.4. The van der Waals surface area contributed by atoms with E-state index in [1.54, 1.807) is 11.3 Å². The topological polar surface area (TPSA) is 36.9 Å². The number of aliphatic imine (C=N–C) groups is 1. The van der Waals surface area contributed by atoms with Crippen LogP contribution in [0.3, 0.4) is 0 Å². The van der Waals surface area contributed by atoms with Crippen LogP contribution in [0.5, 0.6) is 0 Å². The number of nitrogens with zero attached hydrogens (tertiary/aromatic N) is 2. The third-order valence-corrected chi connectivity index (χ3v) is 5.01. The van der Waals surface area contributed by atoms with Crippen LogP contribution in [0.25, 0.3) is 0 Å². The molecule has 6 heteroatoms. The van der Waals surface area contributed by atoms with Gasteiger partial charge in [0.15, 0.2) is 5.96 Å². The first-order chi connectivity index (χ1) is 10.2. The zero-order valence-electron chi connectivity index (χ0n) is 12.8. The van der Waals surface area contributed by atoms with Crippen molar-refractivity contribution in [3.8, 4) is 0 Å². The highest BCUT2D eigenvalue weighted by molar-refractivity contribution is 9.10. The van der Waals surface area contributed by atoms with Crippen LogP contribution in [0, 0.1) is 5.92 Å². The number of likely N-dealkylation sites (N-methyl/N-ethyl adjacent to an activating group) is 1. The Morgan fingerprint density at radius 1 is 1.57 bits per heavy atom. The van der Waals surface area contributed by atoms with Crippen LogP contribution in [0.15, 0.2) is 20.9 Å². The van der Waals surface area contributed by atoms with Crippen LogP contribution in [0.2, 0.25) is 0 Å². The first kappa shape index (κ1) is 16.8. The van der Waals surface area contributed by atoms with Gasteiger partial charge >= 0.3 is 0 Å². The molecule has 1 heterocycles. The SMILES string of the molecule is CCNC(=NCc1cc(Br)cs1)N(C)CCOCC1CC1. The molecule has 0 atom stereocenters. The second kappa shape index (κ2) is 8.76. The van der Waals surface area contributed by atoms with E-state index in [-0.39, 0.29) is 0 Å². The highest BCUT2D eigenvalue weighted by atomic mass is 79.9. The molecule has 1 N–H and O–H groups in total. The lowest BCUT2D eigenvalue weighted by molar-refractivity contribution is 0.115. The summed E-state index contributed by atoms with van der Waals surface area (Å²) in [4.78, 5) is 8.09. The van der Waals surface area contributed by atoms with Gasteiger partial charge in [-0.3, -0.25) is 0 Å². The molecule has 0 saturated heterocycles. The van der Waals surface area contributed by atoms with Crippen molar-refractivity contribution in [2.24, 2.45) is 10.9 Å². The van der Waals surface area contributed by atoms with Crippen LogP contribution in [-0.2, 0) is 11.3 Å². The molecule has 0 spiro atoms. The Bertz CT molecular complexity index is 460. The van der Waals surface area contributed by atoms with Crippen LogP contribution in [0.1, 0.15) is 24.6 Å². The van der Waals surface area contributed by atoms with Crippen LogP contribution < -0.4 is 5.32 Å². The molecule has 21 heavy (non-hydrogen) atoms. The lowest BCUT2D eigenvalue weighted by Crippen LogP contribution is -2.40. The quantitative estimate of drug-likeness (QED) is 0.431. The van der Waals surface area contributed by atoms with Gasteiger partial charge in [-0.2, -0.15) is 0 Å². The maximum absolute atomic E-state index is 5.69. The van der Waals surface area contributed by atoms with Gasteiger partial charge in [0.05, 0.1) is 13.2 Å². The van der Waals surface area contributed by atoms with Crippen molar-refractivity contribution < 1.29 is 4.74 Å². The molecule has 0 aromatic carbocycles. The van der Waals surface area contributed by atoms with Gasteiger partial charge in [0.25, 0.3) is 0 Å². The molecule has 118 valence electrons. The molecule has 0 unspecified atom stereocenters. The number of halogens is 1. The van der Waals surface area contributed by atoms with Crippen LogP contribution in [-0.4, -0.2) is 44.2 Å². The summed E-state index contributed by atoms with van der Waals surface area (Å²) in [5, 5.41) is 5.43. The van der Waals surface area contributed by atoms with E-state index in [9.17, 15) is 0 Å². The van der Waals surface area contributed by atoms with E-state index < -0.39 is 0 Å². The summed E-state index contributed by atoms with van der Waals surface area (Å²) in [5.74, 6) is 1.77. The average Bonchev–Trinajstić information content (AvgIpc) is 3.20. The van der Waals surface area contributed by atoms with E-state index in [4.69, 9.17) is 4.74 Å². The molecule has 1 saturated carbocycles. The standard InChI is InChI=1S/C15H24BrN3OS/c1-3-17-15(18-9-14-8-13(16)11-21-14)19(2)6-7-20-10-12-4-5-12/h8,11-12H,3-7,9-10H2,1-2H3,(H,17,18). The molecule has 0 amide bonds. The predicted molar refractivity (Wildman–Crippen MR) is 93.0 cm³/mol. The molecule has 0 bridgehead atoms. The Morgan fingerprint density at radius 3 is 3.00 bits per heavy atom. The van der Waals surface area contributed by atoms with Gasteiger partial charge in [0.1, 0.15) is 0 Å². The van der Waals surface area contributed by atoms with E-state index in [0.717, 1.165) is 42.7 Å². The van der Waals surface area contributed by atoms with E-state index in [0.29, 0.717) is 6.54 Å². The Balaban J connectivity index is 1.77. The van der Waals surface area contributed by atoms with Crippen molar-refractivity contribution >= 4 is 33.2 Å². The van der Waals surface area contributed by atoms with Crippen molar-refractivity contribution in [1.29, 1.82) is 0 Å². The molecular formula is C15H24BrN3OS. The second-order valence-corrected chi connectivity index (χ2v) is 7.25. The molecule has 2 rings (SSSR count).